The van der Waals surface area contributed by atoms with Crippen molar-refractivity contribution in [3.63, 3.8) is 0 Å². The molecule has 11 rings (SSSR count). The number of nitrogens with zero attached hydrogens (tertiary/aromatic N) is 8. The summed E-state index contributed by atoms with van der Waals surface area (Å²) in [4.78, 5) is 91.8. The van der Waals surface area contributed by atoms with Crippen molar-refractivity contribution in [3.05, 3.63) is 156 Å². The Hall–Kier alpha value is -9.08. The minimum Gasteiger partial charge on any atom is -0.493 e. The van der Waals surface area contributed by atoms with Crippen LogP contribution in [0.25, 0.3) is 39.4 Å². The fraction of sp³-hybridized carbons (Fsp3) is 0.345. The summed E-state index contributed by atoms with van der Waals surface area (Å²) in [5, 5.41) is 6.95. The maximum absolute atomic E-state index is 12.0. The molecule has 1 aliphatic carbocycles. The number of imidazole rings is 2. The first-order chi connectivity index (χ1) is 37.2. The number of hydrogen-bond donors (Lipinski definition) is 5. The molecule has 7 heterocycles. The number of amides is 2. The van der Waals surface area contributed by atoms with Crippen LogP contribution in [0, 0.1) is 5.92 Å². The lowest BCUT2D eigenvalue weighted by Gasteiger charge is -2.24. The van der Waals surface area contributed by atoms with Crippen LogP contribution in [-0.4, -0.2) is 106 Å². The predicted octanol–water partition coefficient (Wildman–Crippen LogP) is 5.36. The molecule has 22 nitrogen and oxygen atoms in total. The highest BCUT2D eigenvalue weighted by molar-refractivity contribution is 6.02. The number of benzene rings is 3. The Bertz CT molecular complexity index is 3600. The van der Waals surface area contributed by atoms with E-state index in [1.165, 1.54) is 49.2 Å². The van der Waals surface area contributed by atoms with Crippen LogP contribution in [0.15, 0.2) is 128 Å². The number of aromatic nitrogens is 9. The summed E-state index contributed by atoms with van der Waals surface area (Å²) >= 11 is 0. The van der Waals surface area contributed by atoms with Crippen LogP contribution in [0.2, 0.25) is 0 Å². The summed E-state index contributed by atoms with van der Waals surface area (Å²) in [6, 6.07) is 24.3. The Labute approximate surface area is 442 Å². The summed E-state index contributed by atoms with van der Waals surface area (Å²) in [5.41, 5.74) is 6.92. The number of para-hydroxylation sites is 1. The fourth-order valence-electron chi connectivity index (χ4n) is 8.92. The van der Waals surface area contributed by atoms with Crippen LogP contribution >= 0.6 is 0 Å². The molecule has 1 saturated heterocycles. The molecule has 1 saturated carbocycles. The third-order valence-corrected chi connectivity index (χ3v) is 12.8. The summed E-state index contributed by atoms with van der Waals surface area (Å²) in [7, 11) is 4.96. The number of carbonyl (C=O) groups is 2. The zero-order valence-corrected chi connectivity index (χ0v) is 43.9. The van der Waals surface area contributed by atoms with Gasteiger partial charge in [0, 0.05) is 75.3 Å². The molecule has 5 N–H and O–H groups in total. The maximum Gasteiger partial charge on any atom is 0.332 e. The van der Waals surface area contributed by atoms with Gasteiger partial charge in [-0.25, -0.2) is 25.2 Å². The Morgan fingerprint density at radius 3 is 2.22 bits per heavy atom. The lowest BCUT2D eigenvalue weighted by Crippen LogP contribution is -2.43. The summed E-state index contributed by atoms with van der Waals surface area (Å²) < 4.78 is 21.7. The molecule has 1 unspecified atom stereocenters. The SMILES string of the molecule is CC(C)Cn1c(=O)n(C)c(=O)c2[nH]cnc21.CCCOc1ccccc1-c1nc2nc[nH]c2c(=O)[nH]1.CN1CC(=O)NN=C1c1ccc(-n2ccc(=O)cc2)cc1.COc1ccc(C2CNC(=O)C2)cc1OC1CCCC1. The van der Waals surface area contributed by atoms with Crippen molar-refractivity contribution >= 4 is 40.0 Å². The first-order valence-corrected chi connectivity index (χ1v) is 25.5. The largest absolute Gasteiger partial charge is 0.493 e. The standard InChI is InChI=1S/C16H21NO3.C15H14N4O2.C14H14N4O2.C10H14N4O2/c1-19-14-7-6-11(12-9-16(18)17-10-12)8-15(14)20-13-4-2-3-5-13;1-18-10-14(21)16-17-15(18)11-2-4-12(5-3-11)19-8-6-13(20)7-9-19;1-2-7-20-10-6-4-3-5-9(10)12-17-13-11(14(19)18-12)15-8-16-13;1-6(2)4-14-8-7(11-5-12-8)9(15)13(3)10(14)16/h6-8,12-13H,2-5,9-10H2,1H3,(H,17,18);2-9H,10H2,1H3,(H,16,21);3-6,8H,2,7H2,1H3,(H2,15,16,17,18,19);5-6H,4H2,1-3H3,(H,11,12). The summed E-state index contributed by atoms with van der Waals surface area (Å²) in [6.07, 6.45) is 12.9. The molecule has 8 aromatic rings. The lowest BCUT2D eigenvalue weighted by atomic mass is 9.98. The van der Waals surface area contributed by atoms with E-state index >= 15 is 0 Å². The van der Waals surface area contributed by atoms with E-state index in [2.05, 4.69) is 45.7 Å². The van der Waals surface area contributed by atoms with Crippen LogP contribution < -0.4 is 47.2 Å². The van der Waals surface area contributed by atoms with Crippen LogP contribution in [-0.2, 0) is 23.2 Å². The van der Waals surface area contributed by atoms with E-state index in [1.807, 2.05) is 99.1 Å². The molecule has 1 atom stereocenters. The molecule has 77 heavy (non-hydrogen) atoms. The second kappa shape index (κ2) is 25.0. The Balaban J connectivity index is 0.000000136. The van der Waals surface area contributed by atoms with Crippen molar-refractivity contribution in [3.8, 4) is 34.3 Å². The van der Waals surface area contributed by atoms with Crippen LogP contribution in [0.5, 0.6) is 17.2 Å². The van der Waals surface area contributed by atoms with E-state index < -0.39 is 0 Å². The van der Waals surface area contributed by atoms with Crippen molar-refractivity contribution in [1.29, 1.82) is 0 Å². The highest BCUT2D eigenvalue weighted by Crippen LogP contribution is 2.36. The number of hydrazone groups is 1. The van der Waals surface area contributed by atoms with Crippen molar-refractivity contribution in [2.45, 2.75) is 77.9 Å². The number of carbonyl (C=O) groups excluding carboxylic acids is 2. The number of methoxy groups -OCH3 is 1. The molecular weight excluding hydrogens is 987 g/mol. The lowest BCUT2D eigenvalue weighted by molar-refractivity contribution is -0.122. The Morgan fingerprint density at radius 1 is 0.805 bits per heavy atom. The third kappa shape index (κ3) is 13.2. The van der Waals surface area contributed by atoms with Gasteiger partial charge in [-0.2, -0.15) is 5.10 Å². The molecule has 2 aliphatic heterocycles. The van der Waals surface area contributed by atoms with E-state index in [0.29, 0.717) is 78.6 Å². The van der Waals surface area contributed by atoms with Gasteiger partial charge in [0.1, 0.15) is 17.1 Å². The number of aromatic amines is 3. The van der Waals surface area contributed by atoms with Gasteiger partial charge in [-0.1, -0.05) is 39.0 Å². The van der Waals surface area contributed by atoms with Gasteiger partial charge in [0.05, 0.1) is 44.6 Å². The number of pyridine rings is 1. The number of nitrogens with one attached hydrogen (secondary N) is 5. The van der Waals surface area contributed by atoms with E-state index in [0.717, 1.165) is 63.5 Å². The molecule has 402 valence electrons. The van der Waals surface area contributed by atoms with Gasteiger partial charge in [-0.05, 0) is 92.1 Å². The number of amidine groups is 1. The van der Waals surface area contributed by atoms with Gasteiger partial charge in [0.25, 0.3) is 17.0 Å². The fourth-order valence-corrected chi connectivity index (χ4v) is 8.92. The Kier molecular flexibility index (Phi) is 17.6. The first kappa shape index (κ1) is 54.2. The molecule has 2 fully saturated rings. The smallest absolute Gasteiger partial charge is 0.332 e. The molecular formula is C55H63N13O9. The molecule has 3 aromatic carbocycles. The average Bonchev–Trinajstić information content (AvgIpc) is 4.31. The van der Waals surface area contributed by atoms with Gasteiger partial charge in [0.15, 0.2) is 39.6 Å². The van der Waals surface area contributed by atoms with E-state index in [9.17, 15) is 28.8 Å². The normalized spacial score (nSPS) is 15.1. The number of rotatable bonds is 12. The van der Waals surface area contributed by atoms with Gasteiger partial charge in [-0.3, -0.25) is 33.1 Å². The first-order valence-electron chi connectivity index (χ1n) is 25.5. The third-order valence-electron chi connectivity index (χ3n) is 12.8. The number of fused-ring (bicyclic) bond motifs is 2. The van der Waals surface area contributed by atoms with Crippen LogP contribution in [0.4, 0.5) is 0 Å². The van der Waals surface area contributed by atoms with Gasteiger partial charge in [0.2, 0.25) is 5.91 Å². The van der Waals surface area contributed by atoms with Crippen molar-refractivity contribution in [2.24, 2.45) is 18.1 Å². The molecule has 3 aliphatic rings. The predicted molar refractivity (Wildman–Crippen MR) is 292 cm³/mol. The van der Waals surface area contributed by atoms with Gasteiger partial charge < -0.3 is 43.9 Å². The highest BCUT2D eigenvalue weighted by atomic mass is 16.5. The van der Waals surface area contributed by atoms with Crippen LogP contribution in [0.3, 0.4) is 0 Å². The number of H-pyrrole nitrogens is 3. The highest BCUT2D eigenvalue weighted by Gasteiger charge is 2.26. The summed E-state index contributed by atoms with van der Waals surface area (Å²) in [5.74, 6) is 4.05. The molecule has 0 bridgehead atoms. The van der Waals surface area contributed by atoms with Crippen LogP contribution in [0.1, 0.15) is 76.3 Å². The van der Waals surface area contributed by atoms with Crippen molar-refractivity contribution < 1.29 is 23.8 Å². The number of ether oxygens (including phenoxy) is 3. The minimum absolute atomic E-state index is 0.0169. The Morgan fingerprint density at radius 2 is 1.53 bits per heavy atom. The van der Waals surface area contributed by atoms with Gasteiger partial charge >= 0.3 is 5.69 Å². The second-order valence-corrected chi connectivity index (χ2v) is 19.1. The van der Waals surface area contributed by atoms with E-state index in [-0.39, 0.29) is 40.0 Å². The topological polar surface area (TPSA) is 271 Å². The summed E-state index contributed by atoms with van der Waals surface area (Å²) in [6.45, 7) is 8.24. The molecule has 0 spiro atoms. The van der Waals surface area contributed by atoms with E-state index in [1.54, 1.807) is 24.4 Å². The van der Waals surface area contributed by atoms with Crippen molar-refractivity contribution in [2.75, 3.05) is 33.9 Å². The molecule has 0 radical (unpaired) electrons. The maximum atomic E-state index is 12.0. The zero-order valence-electron chi connectivity index (χ0n) is 43.9. The average molecular weight is 1050 g/mol. The van der Waals surface area contributed by atoms with Gasteiger partial charge in [-0.15, -0.1) is 0 Å². The quantitative estimate of drug-likeness (QED) is 0.103. The zero-order chi connectivity index (χ0) is 54.6. The second-order valence-electron chi connectivity index (χ2n) is 19.1. The van der Waals surface area contributed by atoms with E-state index in [4.69, 9.17) is 14.2 Å². The number of hydrogen-bond acceptors (Lipinski definition) is 14. The van der Waals surface area contributed by atoms with Crippen molar-refractivity contribution in [1.82, 2.24) is 59.2 Å². The number of likely N-dealkylation sites (N-methyl/N-ethyl adjacent to an activating group) is 1. The minimum atomic E-state index is -0.336. The molecule has 2 amide bonds. The molecule has 5 aromatic heterocycles. The molecule has 22 heteroatoms. The monoisotopic (exact) mass is 1050 g/mol.